The number of β-amino-alcohol motifs (C(OH)–C–C–N with tert-alkyl or cyclic N) is 1. The smallest absolute Gasteiger partial charge is 0.318 e. The average Bonchev–Trinajstić information content (AvgIpc) is 3.10. The van der Waals surface area contributed by atoms with Crippen molar-refractivity contribution < 1.29 is 14.3 Å². The van der Waals surface area contributed by atoms with Crippen molar-refractivity contribution >= 4 is 6.03 Å². The molecule has 1 aliphatic rings. The maximum Gasteiger partial charge on any atom is 0.318 e. The lowest BCUT2D eigenvalue weighted by atomic mass is 9.86. The molecule has 28 heavy (non-hydrogen) atoms. The van der Waals surface area contributed by atoms with Gasteiger partial charge in [0.1, 0.15) is 11.4 Å². The van der Waals surface area contributed by atoms with Gasteiger partial charge in [-0.3, -0.25) is 4.68 Å². The SMILES string of the molecule is Cn1cc(C(NC(=O)N2CC(O)(c3ccc(F)cc3)C2)c2ccccc2)cn1. The third-order valence-corrected chi connectivity index (χ3v) is 5.03. The Bertz CT molecular complexity index is 966. The van der Waals surface area contributed by atoms with E-state index in [9.17, 15) is 14.3 Å². The summed E-state index contributed by atoms with van der Waals surface area (Å²) in [6, 6.07) is 14.7. The van der Waals surface area contributed by atoms with Crippen molar-refractivity contribution in [2.24, 2.45) is 7.05 Å². The van der Waals surface area contributed by atoms with Gasteiger partial charge in [0.15, 0.2) is 0 Å². The van der Waals surface area contributed by atoms with Crippen LogP contribution in [0.5, 0.6) is 0 Å². The molecule has 1 aromatic heterocycles. The highest BCUT2D eigenvalue weighted by atomic mass is 19.1. The molecular formula is C21H21FN4O2. The van der Waals surface area contributed by atoms with Crippen LogP contribution in [-0.4, -0.2) is 38.9 Å². The molecule has 7 heteroatoms. The Hall–Kier alpha value is -3.19. The molecule has 1 saturated heterocycles. The van der Waals surface area contributed by atoms with Crippen LogP contribution in [0.4, 0.5) is 9.18 Å². The van der Waals surface area contributed by atoms with E-state index in [-0.39, 0.29) is 31.0 Å². The number of benzene rings is 2. The maximum absolute atomic E-state index is 13.1. The second-order valence-corrected chi connectivity index (χ2v) is 7.14. The number of hydrogen-bond donors (Lipinski definition) is 2. The fourth-order valence-corrected chi connectivity index (χ4v) is 3.48. The molecule has 3 aromatic rings. The highest BCUT2D eigenvalue weighted by Gasteiger charge is 2.45. The second-order valence-electron chi connectivity index (χ2n) is 7.14. The predicted octanol–water partition coefficient (Wildman–Crippen LogP) is 2.56. The fourth-order valence-electron chi connectivity index (χ4n) is 3.48. The zero-order chi connectivity index (χ0) is 19.7. The van der Waals surface area contributed by atoms with Crippen molar-refractivity contribution in [1.29, 1.82) is 0 Å². The number of halogens is 1. The second kappa shape index (κ2) is 7.09. The van der Waals surface area contributed by atoms with Crippen LogP contribution in [0.15, 0.2) is 67.0 Å². The van der Waals surface area contributed by atoms with Gasteiger partial charge >= 0.3 is 6.03 Å². The summed E-state index contributed by atoms with van der Waals surface area (Å²) in [7, 11) is 1.83. The number of carbonyl (C=O) groups is 1. The first-order chi connectivity index (χ1) is 13.4. The summed E-state index contributed by atoms with van der Waals surface area (Å²) >= 11 is 0. The third kappa shape index (κ3) is 3.48. The Labute approximate surface area is 162 Å². The number of aromatic nitrogens is 2. The van der Waals surface area contributed by atoms with E-state index in [1.54, 1.807) is 23.0 Å². The number of rotatable bonds is 4. The number of aryl methyl sites for hydroxylation is 1. The Balaban J connectivity index is 1.48. The average molecular weight is 380 g/mol. The van der Waals surface area contributed by atoms with Gasteiger partial charge < -0.3 is 15.3 Å². The summed E-state index contributed by atoms with van der Waals surface area (Å²) in [5.74, 6) is -0.358. The lowest BCUT2D eigenvalue weighted by molar-refractivity contribution is -0.0818. The number of nitrogens with one attached hydrogen (secondary N) is 1. The number of hydrogen-bond acceptors (Lipinski definition) is 3. The van der Waals surface area contributed by atoms with E-state index in [0.29, 0.717) is 5.56 Å². The molecule has 1 aliphatic heterocycles. The quantitative estimate of drug-likeness (QED) is 0.731. The van der Waals surface area contributed by atoms with Gasteiger partial charge in [0.2, 0.25) is 0 Å². The van der Waals surface area contributed by atoms with Crippen molar-refractivity contribution in [2.75, 3.05) is 13.1 Å². The topological polar surface area (TPSA) is 70.4 Å². The summed E-state index contributed by atoms with van der Waals surface area (Å²) in [5, 5.41) is 17.9. The van der Waals surface area contributed by atoms with E-state index in [1.165, 1.54) is 17.0 Å². The normalized spacial score (nSPS) is 16.3. The molecule has 2 amide bonds. The standard InChI is InChI=1S/C21H21FN4O2/c1-25-12-16(11-23-25)19(15-5-3-2-4-6-15)24-20(27)26-13-21(28,14-26)17-7-9-18(22)10-8-17/h2-12,19,28H,13-14H2,1H3,(H,24,27). The zero-order valence-corrected chi connectivity index (χ0v) is 15.4. The lowest BCUT2D eigenvalue weighted by Gasteiger charge is -2.46. The molecule has 0 aliphatic carbocycles. The molecule has 6 nitrogen and oxygen atoms in total. The highest BCUT2D eigenvalue weighted by Crippen LogP contribution is 2.32. The van der Waals surface area contributed by atoms with E-state index in [2.05, 4.69) is 10.4 Å². The van der Waals surface area contributed by atoms with E-state index in [4.69, 9.17) is 0 Å². The highest BCUT2D eigenvalue weighted by molar-refractivity contribution is 5.76. The predicted molar refractivity (Wildman–Crippen MR) is 102 cm³/mol. The summed E-state index contributed by atoms with van der Waals surface area (Å²) in [6.45, 7) is 0.304. The van der Waals surface area contributed by atoms with E-state index >= 15 is 0 Å². The molecule has 1 fully saturated rings. The Kier molecular flexibility index (Phi) is 4.60. The first kappa shape index (κ1) is 18.2. The number of nitrogens with zero attached hydrogens (tertiary/aromatic N) is 3. The summed E-state index contributed by atoms with van der Waals surface area (Å²) in [5.41, 5.74) is 1.26. The Morgan fingerprint density at radius 3 is 2.43 bits per heavy atom. The minimum absolute atomic E-state index is 0.152. The molecule has 1 unspecified atom stereocenters. The van der Waals surface area contributed by atoms with Crippen molar-refractivity contribution in [2.45, 2.75) is 11.6 Å². The van der Waals surface area contributed by atoms with Crippen molar-refractivity contribution in [3.05, 3.63) is 89.5 Å². The molecule has 0 spiro atoms. The molecule has 0 bridgehead atoms. The summed E-state index contributed by atoms with van der Waals surface area (Å²) in [6.07, 6.45) is 3.59. The molecule has 4 rings (SSSR count). The van der Waals surface area contributed by atoms with Crippen LogP contribution < -0.4 is 5.32 Å². The van der Waals surface area contributed by atoms with Gasteiger partial charge in [-0.05, 0) is 23.3 Å². The van der Waals surface area contributed by atoms with Crippen LogP contribution in [0.2, 0.25) is 0 Å². The Morgan fingerprint density at radius 2 is 1.82 bits per heavy atom. The number of amides is 2. The van der Waals surface area contributed by atoms with Crippen LogP contribution in [-0.2, 0) is 12.6 Å². The van der Waals surface area contributed by atoms with Gasteiger partial charge in [-0.25, -0.2) is 9.18 Å². The summed E-state index contributed by atoms with van der Waals surface area (Å²) < 4.78 is 14.8. The lowest BCUT2D eigenvalue weighted by Crippen LogP contribution is -2.63. The molecular weight excluding hydrogens is 359 g/mol. The van der Waals surface area contributed by atoms with Crippen LogP contribution in [0, 0.1) is 5.82 Å². The van der Waals surface area contributed by atoms with Gasteiger partial charge in [0.25, 0.3) is 0 Å². The van der Waals surface area contributed by atoms with Crippen molar-refractivity contribution in [1.82, 2.24) is 20.0 Å². The zero-order valence-electron chi connectivity index (χ0n) is 15.4. The molecule has 2 heterocycles. The largest absolute Gasteiger partial charge is 0.381 e. The number of urea groups is 1. The van der Waals surface area contributed by atoms with Gasteiger partial charge in [-0.15, -0.1) is 0 Å². The monoisotopic (exact) mass is 380 g/mol. The minimum Gasteiger partial charge on any atom is -0.381 e. The Morgan fingerprint density at radius 1 is 1.14 bits per heavy atom. The van der Waals surface area contributed by atoms with E-state index in [0.717, 1.165) is 11.1 Å². The molecule has 0 radical (unpaired) electrons. The van der Waals surface area contributed by atoms with Crippen LogP contribution in [0.3, 0.4) is 0 Å². The third-order valence-electron chi connectivity index (χ3n) is 5.03. The van der Waals surface area contributed by atoms with E-state index < -0.39 is 5.60 Å². The minimum atomic E-state index is -1.15. The number of likely N-dealkylation sites (tertiary alicyclic amines) is 1. The van der Waals surface area contributed by atoms with Crippen molar-refractivity contribution in [3.63, 3.8) is 0 Å². The first-order valence-electron chi connectivity index (χ1n) is 9.02. The van der Waals surface area contributed by atoms with Gasteiger partial charge in [-0.2, -0.15) is 5.10 Å². The van der Waals surface area contributed by atoms with Gasteiger partial charge in [0.05, 0.1) is 25.3 Å². The first-order valence-corrected chi connectivity index (χ1v) is 9.02. The molecule has 0 saturated carbocycles. The van der Waals surface area contributed by atoms with Gasteiger partial charge in [-0.1, -0.05) is 42.5 Å². The van der Waals surface area contributed by atoms with Gasteiger partial charge in [0, 0.05) is 18.8 Å². The van der Waals surface area contributed by atoms with Crippen molar-refractivity contribution in [3.8, 4) is 0 Å². The molecule has 2 N–H and O–H groups in total. The van der Waals surface area contributed by atoms with Crippen LogP contribution >= 0.6 is 0 Å². The van der Waals surface area contributed by atoms with Crippen LogP contribution in [0.1, 0.15) is 22.7 Å². The fraction of sp³-hybridized carbons (Fsp3) is 0.238. The molecule has 1 atom stereocenters. The maximum atomic E-state index is 13.1. The van der Waals surface area contributed by atoms with Crippen LogP contribution in [0.25, 0.3) is 0 Å². The van der Waals surface area contributed by atoms with E-state index in [1.807, 2.05) is 43.6 Å². The number of aliphatic hydroxyl groups is 1. The number of carbonyl (C=O) groups excluding carboxylic acids is 1. The molecule has 144 valence electrons. The molecule has 2 aromatic carbocycles. The summed E-state index contributed by atoms with van der Waals surface area (Å²) in [4.78, 5) is 14.3.